The van der Waals surface area contributed by atoms with E-state index >= 15 is 0 Å². The second-order valence-corrected chi connectivity index (χ2v) is 5.56. The average molecular weight is 233 g/mol. The van der Waals surface area contributed by atoms with Gasteiger partial charge in [0, 0.05) is 4.83 Å². The van der Waals surface area contributed by atoms with Gasteiger partial charge in [0.15, 0.2) is 0 Å². The largest absolute Gasteiger partial charge is 0.0888 e. The van der Waals surface area contributed by atoms with Gasteiger partial charge in [-0.2, -0.15) is 0 Å². The van der Waals surface area contributed by atoms with Crippen LogP contribution in [0.3, 0.4) is 0 Å². The molecule has 0 saturated heterocycles. The topological polar surface area (TPSA) is 0 Å². The number of halogens is 1. The van der Waals surface area contributed by atoms with Crippen LogP contribution in [0.4, 0.5) is 0 Å². The summed E-state index contributed by atoms with van der Waals surface area (Å²) in [6.07, 6.45) is 5.59. The zero-order valence-electron chi connectivity index (χ0n) is 8.52. The van der Waals surface area contributed by atoms with E-state index < -0.39 is 0 Å². The van der Waals surface area contributed by atoms with Gasteiger partial charge in [-0.25, -0.2) is 0 Å². The average Bonchev–Trinajstić information content (AvgIpc) is 2.34. The molecule has 0 spiro atoms. The zero-order valence-corrected chi connectivity index (χ0v) is 10.1. The summed E-state index contributed by atoms with van der Waals surface area (Å²) in [5.74, 6) is 2.81. The molecule has 0 nitrogen and oxygen atoms in total. The number of rotatable bonds is 3. The maximum absolute atomic E-state index is 3.76. The molecule has 12 heavy (non-hydrogen) atoms. The van der Waals surface area contributed by atoms with Gasteiger partial charge in [-0.1, -0.05) is 49.5 Å². The molecule has 0 aromatic heterocycles. The van der Waals surface area contributed by atoms with Crippen molar-refractivity contribution in [3.8, 4) is 0 Å². The maximum atomic E-state index is 3.76. The second-order valence-electron chi connectivity index (χ2n) is 4.38. The van der Waals surface area contributed by atoms with Crippen molar-refractivity contribution in [2.24, 2.45) is 17.8 Å². The molecular weight excluding hydrogens is 212 g/mol. The molecule has 0 aromatic carbocycles. The van der Waals surface area contributed by atoms with E-state index in [1.54, 1.807) is 0 Å². The molecule has 0 aromatic rings. The van der Waals surface area contributed by atoms with Crippen molar-refractivity contribution in [2.45, 2.75) is 51.3 Å². The molecule has 0 amide bonds. The predicted octanol–water partition coefficient (Wildman–Crippen LogP) is 4.23. The van der Waals surface area contributed by atoms with E-state index in [9.17, 15) is 0 Å². The first-order valence-corrected chi connectivity index (χ1v) is 6.22. The summed E-state index contributed by atoms with van der Waals surface area (Å²) < 4.78 is 0. The molecule has 0 radical (unpaired) electrons. The van der Waals surface area contributed by atoms with Crippen molar-refractivity contribution in [1.29, 1.82) is 0 Å². The highest BCUT2D eigenvalue weighted by atomic mass is 79.9. The minimum absolute atomic E-state index is 0.793. The SMILES string of the molecule is CCCC(C)C1CCC(Br)C1C. The number of hydrogen-bond acceptors (Lipinski definition) is 0. The van der Waals surface area contributed by atoms with Gasteiger partial charge < -0.3 is 0 Å². The van der Waals surface area contributed by atoms with Crippen molar-refractivity contribution in [2.75, 3.05) is 0 Å². The molecule has 1 fully saturated rings. The molecule has 4 atom stereocenters. The van der Waals surface area contributed by atoms with E-state index in [1.165, 1.54) is 25.7 Å². The van der Waals surface area contributed by atoms with E-state index in [-0.39, 0.29) is 0 Å². The van der Waals surface area contributed by atoms with Crippen LogP contribution < -0.4 is 0 Å². The van der Waals surface area contributed by atoms with E-state index in [2.05, 4.69) is 36.7 Å². The lowest BCUT2D eigenvalue weighted by molar-refractivity contribution is 0.281. The van der Waals surface area contributed by atoms with E-state index in [4.69, 9.17) is 0 Å². The highest BCUT2D eigenvalue weighted by Gasteiger charge is 2.33. The van der Waals surface area contributed by atoms with Crippen molar-refractivity contribution in [3.05, 3.63) is 0 Å². The third kappa shape index (κ3) is 2.25. The molecule has 0 heterocycles. The van der Waals surface area contributed by atoms with Crippen LogP contribution in [-0.4, -0.2) is 4.83 Å². The minimum atomic E-state index is 0.793. The Morgan fingerprint density at radius 2 is 2.08 bits per heavy atom. The molecule has 0 bridgehead atoms. The summed E-state index contributed by atoms with van der Waals surface area (Å²) in [5.41, 5.74) is 0. The fraction of sp³-hybridized carbons (Fsp3) is 1.00. The van der Waals surface area contributed by atoms with Crippen molar-refractivity contribution in [3.63, 3.8) is 0 Å². The third-order valence-electron chi connectivity index (χ3n) is 3.50. The van der Waals surface area contributed by atoms with Gasteiger partial charge in [-0.3, -0.25) is 0 Å². The lowest BCUT2D eigenvalue weighted by atomic mass is 9.83. The normalized spacial score (nSPS) is 38.5. The monoisotopic (exact) mass is 232 g/mol. The van der Waals surface area contributed by atoms with Crippen LogP contribution in [0.1, 0.15) is 46.5 Å². The molecule has 0 aliphatic heterocycles. The summed E-state index contributed by atoms with van der Waals surface area (Å²) in [4.78, 5) is 0.793. The molecule has 1 aliphatic carbocycles. The van der Waals surface area contributed by atoms with Gasteiger partial charge in [0.25, 0.3) is 0 Å². The highest BCUT2D eigenvalue weighted by Crippen LogP contribution is 2.41. The van der Waals surface area contributed by atoms with Crippen LogP contribution in [-0.2, 0) is 0 Å². The summed E-state index contributed by atoms with van der Waals surface area (Å²) in [7, 11) is 0. The van der Waals surface area contributed by atoms with Crippen LogP contribution in [0.25, 0.3) is 0 Å². The standard InChI is InChI=1S/C11H21Br/c1-4-5-8(2)10-6-7-11(12)9(10)3/h8-11H,4-7H2,1-3H3. The minimum Gasteiger partial charge on any atom is -0.0888 e. The summed E-state index contributed by atoms with van der Waals surface area (Å²) >= 11 is 3.76. The Hall–Kier alpha value is 0.480. The Kier molecular flexibility index (Phi) is 4.09. The molecule has 1 aliphatic rings. The van der Waals surface area contributed by atoms with Gasteiger partial charge in [0.2, 0.25) is 0 Å². The lowest BCUT2D eigenvalue weighted by Gasteiger charge is -2.23. The Morgan fingerprint density at radius 1 is 1.42 bits per heavy atom. The van der Waals surface area contributed by atoms with E-state index in [0.717, 1.165) is 22.6 Å². The van der Waals surface area contributed by atoms with Crippen LogP contribution in [0.2, 0.25) is 0 Å². The summed E-state index contributed by atoms with van der Waals surface area (Å²) in [5, 5.41) is 0. The van der Waals surface area contributed by atoms with Crippen molar-refractivity contribution in [1.82, 2.24) is 0 Å². The fourth-order valence-electron chi connectivity index (χ4n) is 2.62. The lowest BCUT2D eigenvalue weighted by Crippen LogP contribution is -2.17. The Bertz CT molecular complexity index is 133. The Morgan fingerprint density at radius 3 is 2.50 bits per heavy atom. The highest BCUT2D eigenvalue weighted by molar-refractivity contribution is 9.09. The predicted molar refractivity (Wildman–Crippen MR) is 58.7 cm³/mol. The molecule has 1 saturated carbocycles. The van der Waals surface area contributed by atoms with Crippen molar-refractivity contribution < 1.29 is 0 Å². The van der Waals surface area contributed by atoms with Crippen LogP contribution in [0, 0.1) is 17.8 Å². The number of hydrogen-bond donors (Lipinski definition) is 0. The molecule has 0 N–H and O–H groups in total. The zero-order chi connectivity index (χ0) is 9.14. The summed E-state index contributed by atoms with van der Waals surface area (Å²) in [6.45, 7) is 7.13. The van der Waals surface area contributed by atoms with E-state index in [1.807, 2.05) is 0 Å². The first-order valence-electron chi connectivity index (χ1n) is 5.30. The smallest absolute Gasteiger partial charge is 0.0174 e. The van der Waals surface area contributed by atoms with E-state index in [0.29, 0.717) is 0 Å². The van der Waals surface area contributed by atoms with Crippen molar-refractivity contribution >= 4 is 15.9 Å². The van der Waals surface area contributed by atoms with Gasteiger partial charge in [-0.15, -0.1) is 0 Å². The molecule has 4 unspecified atom stereocenters. The molecule has 1 heteroatoms. The van der Waals surface area contributed by atoms with Crippen LogP contribution in [0.5, 0.6) is 0 Å². The first-order chi connectivity index (χ1) is 5.66. The number of alkyl halides is 1. The van der Waals surface area contributed by atoms with Gasteiger partial charge in [0.1, 0.15) is 0 Å². The van der Waals surface area contributed by atoms with Gasteiger partial charge in [0.05, 0.1) is 0 Å². The second kappa shape index (κ2) is 4.64. The Labute approximate surface area is 85.3 Å². The van der Waals surface area contributed by atoms with Gasteiger partial charge in [-0.05, 0) is 30.6 Å². The quantitative estimate of drug-likeness (QED) is 0.640. The van der Waals surface area contributed by atoms with Gasteiger partial charge >= 0.3 is 0 Å². The Balaban J connectivity index is 2.41. The molecule has 1 rings (SSSR count). The maximum Gasteiger partial charge on any atom is 0.0174 e. The fourth-order valence-corrected chi connectivity index (χ4v) is 3.27. The summed E-state index contributed by atoms with van der Waals surface area (Å²) in [6, 6.07) is 0. The third-order valence-corrected chi connectivity index (χ3v) is 4.79. The first kappa shape index (κ1) is 10.6. The van der Waals surface area contributed by atoms with Crippen LogP contribution >= 0.6 is 15.9 Å². The molecule has 72 valence electrons. The molecular formula is C11H21Br. The van der Waals surface area contributed by atoms with Crippen LogP contribution in [0.15, 0.2) is 0 Å².